The molecule has 1 fully saturated rings. The number of carbonyl (C=O) groups excluding carboxylic acids is 2. The molecule has 3 rings (SSSR count). The maximum Gasteiger partial charge on any atom is 0.293 e. The van der Waals surface area contributed by atoms with Crippen LogP contribution in [-0.4, -0.2) is 36.1 Å². The summed E-state index contributed by atoms with van der Waals surface area (Å²) < 4.78 is 10.9. The van der Waals surface area contributed by atoms with Crippen LogP contribution in [0.2, 0.25) is 0 Å². The molecule has 0 spiro atoms. The molecule has 0 aliphatic heterocycles. The Labute approximate surface area is 162 Å². The summed E-state index contributed by atoms with van der Waals surface area (Å²) in [6.07, 6.45) is 9.01. The van der Waals surface area contributed by atoms with Crippen LogP contribution in [0.1, 0.15) is 54.8 Å². The van der Waals surface area contributed by atoms with Crippen molar-refractivity contribution in [3.05, 3.63) is 35.2 Å². The van der Waals surface area contributed by atoms with Crippen LogP contribution >= 0.6 is 11.3 Å². The van der Waals surface area contributed by atoms with Gasteiger partial charge in [0.15, 0.2) is 10.9 Å². The van der Waals surface area contributed by atoms with Gasteiger partial charge in [-0.25, -0.2) is 4.98 Å². The first-order valence-electron chi connectivity index (χ1n) is 9.38. The summed E-state index contributed by atoms with van der Waals surface area (Å²) in [5, 5.41) is 7.75. The zero-order valence-corrected chi connectivity index (χ0v) is 16.1. The molecule has 1 aliphatic rings. The van der Waals surface area contributed by atoms with Gasteiger partial charge in [0.05, 0.1) is 24.5 Å². The maximum atomic E-state index is 12.0. The normalized spacial score (nSPS) is 14.8. The van der Waals surface area contributed by atoms with Gasteiger partial charge in [-0.2, -0.15) is 0 Å². The highest BCUT2D eigenvalue weighted by molar-refractivity contribution is 7.14. The molecule has 2 amide bonds. The number of carbonyl (C=O) groups is 2. The average Bonchev–Trinajstić information content (AvgIpc) is 3.34. The number of furan rings is 1. The third kappa shape index (κ3) is 6.48. The first kappa shape index (κ1) is 19.6. The first-order valence-corrected chi connectivity index (χ1v) is 10.3. The third-order valence-electron chi connectivity index (χ3n) is 4.41. The Hall–Kier alpha value is -2.19. The van der Waals surface area contributed by atoms with Crippen LogP contribution in [0.15, 0.2) is 28.2 Å². The molecule has 2 aromatic heterocycles. The van der Waals surface area contributed by atoms with E-state index in [0.29, 0.717) is 30.1 Å². The molecule has 0 aromatic carbocycles. The zero-order chi connectivity index (χ0) is 18.9. The summed E-state index contributed by atoms with van der Waals surface area (Å²) in [4.78, 5) is 28.2. The van der Waals surface area contributed by atoms with Crippen LogP contribution in [0, 0.1) is 0 Å². The largest absolute Gasteiger partial charge is 0.459 e. The van der Waals surface area contributed by atoms with Gasteiger partial charge in [0, 0.05) is 18.5 Å². The molecular formula is C19H25N3O4S. The topological polar surface area (TPSA) is 93.5 Å². The van der Waals surface area contributed by atoms with Gasteiger partial charge < -0.3 is 14.5 Å². The Balaban J connectivity index is 1.31. The van der Waals surface area contributed by atoms with E-state index in [9.17, 15) is 9.59 Å². The van der Waals surface area contributed by atoms with E-state index >= 15 is 0 Å². The number of hydrogen-bond acceptors (Lipinski definition) is 6. The van der Waals surface area contributed by atoms with Gasteiger partial charge in [-0.05, 0) is 31.4 Å². The van der Waals surface area contributed by atoms with Crippen molar-refractivity contribution in [2.75, 3.05) is 18.5 Å². The van der Waals surface area contributed by atoms with E-state index in [1.807, 2.05) is 0 Å². The van der Waals surface area contributed by atoms with E-state index in [1.54, 1.807) is 17.5 Å². The summed E-state index contributed by atoms with van der Waals surface area (Å²) in [7, 11) is 0. The number of anilines is 1. The number of nitrogens with zero attached hydrogens (tertiary/aromatic N) is 1. The maximum absolute atomic E-state index is 12.0. The fourth-order valence-electron chi connectivity index (χ4n) is 3.02. The lowest BCUT2D eigenvalue weighted by Gasteiger charge is -2.21. The number of hydrogen-bond donors (Lipinski definition) is 2. The number of amides is 2. The van der Waals surface area contributed by atoms with E-state index in [-0.39, 0.29) is 24.0 Å². The van der Waals surface area contributed by atoms with Crippen molar-refractivity contribution in [3.8, 4) is 0 Å². The molecule has 1 saturated carbocycles. The SMILES string of the molecule is O=C(Cc1csc(NC(=O)c2ccco2)n1)NCCCOC1CCCCC1. The smallest absolute Gasteiger partial charge is 0.293 e. The van der Waals surface area contributed by atoms with E-state index < -0.39 is 0 Å². The van der Waals surface area contributed by atoms with Gasteiger partial charge in [0.2, 0.25) is 5.91 Å². The number of aromatic nitrogens is 1. The Bertz CT molecular complexity index is 723. The lowest BCUT2D eigenvalue weighted by molar-refractivity contribution is -0.120. The third-order valence-corrected chi connectivity index (χ3v) is 5.21. The lowest BCUT2D eigenvalue weighted by atomic mass is 9.98. The van der Waals surface area contributed by atoms with Crippen LogP contribution in [0.25, 0.3) is 0 Å². The van der Waals surface area contributed by atoms with Crippen LogP contribution < -0.4 is 10.6 Å². The van der Waals surface area contributed by atoms with Crippen molar-refractivity contribution < 1.29 is 18.7 Å². The second kappa shape index (κ2) is 10.2. The van der Waals surface area contributed by atoms with Gasteiger partial charge in [-0.1, -0.05) is 19.3 Å². The first-order chi connectivity index (χ1) is 13.2. The van der Waals surface area contributed by atoms with Crippen molar-refractivity contribution >= 4 is 28.3 Å². The number of ether oxygens (including phenoxy) is 1. The Kier molecular flexibility index (Phi) is 7.41. The van der Waals surface area contributed by atoms with Crippen LogP contribution in [-0.2, 0) is 16.0 Å². The lowest BCUT2D eigenvalue weighted by Crippen LogP contribution is -2.27. The number of thiazole rings is 1. The van der Waals surface area contributed by atoms with Crippen molar-refractivity contribution in [1.29, 1.82) is 0 Å². The highest BCUT2D eigenvalue weighted by Crippen LogP contribution is 2.20. The van der Waals surface area contributed by atoms with Crippen molar-refractivity contribution in [3.63, 3.8) is 0 Å². The molecule has 8 heteroatoms. The monoisotopic (exact) mass is 391 g/mol. The van der Waals surface area contributed by atoms with Gasteiger partial charge in [0.25, 0.3) is 5.91 Å². The fourth-order valence-corrected chi connectivity index (χ4v) is 3.73. The predicted molar refractivity (Wildman–Crippen MR) is 103 cm³/mol. The van der Waals surface area contributed by atoms with E-state index in [1.165, 1.54) is 36.9 Å². The molecule has 2 N–H and O–H groups in total. The van der Waals surface area contributed by atoms with Gasteiger partial charge in [0.1, 0.15) is 0 Å². The molecule has 2 heterocycles. The number of nitrogens with one attached hydrogen (secondary N) is 2. The van der Waals surface area contributed by atoms with Crippen LogP contribution in [0.4, 0.5) is 5.13 Å². The molecule has 27 heavy (non-hydrogen) atoms. The van der Waals surface area contributed by atoms with Gasteiger partial charge in [-0.15, -0.1) is 11.3 Å². The van der Waals surface area contributed by atoms with Crippen molar-refractivity contribution in [2.24, 2.45) is 0 Å². The molecule has 0 bridgehead atoms. The van der Waals surface area contributed by atoms with E-state index in [0.717, 1.165) is 19.3 Å². The van der Waals surface area contributed by atoms with E-state index in [4.69, 9.17) is 9.15 Å². The van der Waals surface area contributed by atoms with E-state index in [2.05, 4.69) is 15.6 Å². The minimum atomic E-state index is -0.358. The molecule has 0 unspecified atom stereocenters. The molecule has 0 atom stereocenters. The summed E-state index contributed by atoms with van der Waals surface area (Å²) in [6.45, 7) is 1.28. The highest BCUT2D eigenvalue weighted by atomic mass is 32.1. The molecule has 2 aromatic rings. The van der Waals surface area contributed by atoms with Crippen molar-refractivity contribution in [1.82, 2.24) is 10.3 Å². The average molecular weight is 391 g/mol. The minimum absolute atomic E-state index is 0.0816. The molecule has 0 radical (unpaired) electrons. The summed E-state index contributed by atoms with van der Waals surface area (Å²) in [5.41, 5.74) is 0.630. The van der Waals surface area contributed by atoms with Crippen molar-refractivity contribution in [2.45, 2.75) is 51.0 Å². The Morgan fingerprint density at radius 1 is 1.30 bits per heavy atom. The summed E-state index contributed by atoms with van der Waals surface area (Å²) in [5.74, 6) is -0.217. The quantitative estimate of drug-likeness (QED) is 0.639. The fraction of sp³-hybridized carbons (Fsp3) is 0.526. The second-order valence-corrected chi connectivity index (χ2v) is 7.44. The summed E-state index contributed by atoms with van der Waals surface area (Å²) in [6, 6.07) is 3.22. The standard InChI is InChI=1S/C19H25N3O4S/c23-17(20-9-5-11-25-15-6-2-1-3-7-15)12-14-13-27-19(21-14)22-18(24)16-8-4-10-26-16/h4,8,10,13,15H,1-3,5-7,9,11-12H2,(H,20,23)(H,21,22,24). The zero-order valence-electron chi connectivity index (χ0n) is 15.2. The number of rotatable bonds is 9. The van der Waals surface area contributed by atoms with Crippen LogP contribution in [0.5, 0.6) is 0 Å². The molecule has 1 aliphatic carbocycles. The minimum Gasteiger partial charge on any atom is -0.459 e. The van der Waals surface area contributed by atoms with Crippen LogP contribution in [0.3, 0.4) is 0 Å². The molecule has 7 nitrogen and oxygen atoms in total. The molecule has 146 valence electrons. The predicted octanol–water partition coefficient (Wildman–Crippen LogP) is 3.39. The highest BCUT2D eigenvalue weighted by Gasteiger charge is 2.14. The Morgan fingerprint density at radius 3 is 2.93 bits per heavy atom. The second-order valence-electron chi connectivity index (χ2n) is 6.59. The summed E-state index contributed by atoms with van der Waals surface area (Å²) >= 11 is 1.28. The van der Waals surface area contributed by atoms with Gasteiger partial charge in [-0.3, -0.25) is 14.9 Å². The molecule has 0 saturated heterocycles. The molecular weight excluding hydrogens is 366 g/mol. The Morgan fingerprint density at radius 2 is 2.15 bits per heavy atom. The van der Waals surface area contributed by atoms with Gasteiger partial charge >= 0.3 is 0 Å².